The number of nitrogens with zero attached hydrogens (tertiary/aromatic N) is 1. The maximum absolute atomic E-state index is 12.3. The number of carbonyl (C=O) groups is 2. The van der Waals surface area contributed by atoms with Gasteiger partial charge in [0.2, 0.25) is 5.91 Å². The number of amides is 1. The van der Waals surface area contributed by atoms with Gasteiger partial charge in [-0.15, -0.1) is 0 Å². The first-order chi connectivity index (χ1) is 7.79. The van der Waals surface area contributed by atoms with Crippen molar-refractivity contribution in [3.8, 4) is 0 Å². The molecule has 2 unspecified atom stereocenters. The van der Waals surface area contributed by atoms with Gasteiger partial charge in [-0.1, -0.05) is 27.7 Å². The highest BCUT2D eigenvalue weighted by atomic mass is 16.4. The Bertz CT molecular complexity index is 312. The molecular formula is C13H23NO3. The zero-order chi connectivity index (χ0) is 13.2. The van der Waals surface area contributed by atoms with Crippen LogP contribution in [-0.4, -0.2) is 35.0 Å². The number of carboxylic acid groups (broad SMARTS) is 1. The lowest BCUT2D eigenvalue weighted by molar-refractivity contribution is -0.151. The Morgan fingerprint density at radius 3 is 2.41 bits per heavy atom. The van der Waals surface area contributed by atoms with E-state index in [1.807, 2.05) is 32.6 Å². The Kier molecular flexibility index (Phi) is 4.17. The smallest absolute Gasteiger partial charge is 0.306 e. The van der Waals surface area contributed by atoms with Crippen LogP contribution < -0.4 is 0 Å². The first kappa shape index (κ1) is 14.0. The molecule has 1 aliphatic rings. The molecule has 0 aromatic rings. The minimum Gasteiger partial charge on any atom is -0.481 e. The molecule has 0 saturated carbocycles. The Hall–Kier alpha value is -1.06. The van der Waals surface area contributed by atoms with E-state index in [4.69, 9.17) is 5.11 Å². The van der Waals surface area contributed by atoms with Crippen molar-refractivity contribution >= 4 is 11.9 Å². The summed E-state index contributed by atoms with van der Waals surface area (Å²) in [5, 5.41) is 9.04. The van der Waals surface area contributed by atoms with Crippen LogP contribution in [0.5, 0.6) is 0 Å². The summed E-state index contributed by atoms with van der Waals surface area (Å²) in [7, 11) is 0. The Labute approximate surface area is 103 Å². The van der Waals surface area contributed by atoms with Crippen molar-refractivity contribution in [1.82, 2.24) is 4.90 Å². The van der Waals surface area contributed by atoms with Crippen LogP contribution in [0.3, 0.4) is 0 Å². The lowest BCUT2D eigenvalue weighted by atomic mass is 9.83. The average Bonchev–Trinajstić information content (AvgIpc) is 2.27. The van der Waals surface area contributed by atoms with Gasteiger partial charge in [0.1, 0.15) is 0 Å². The first-order valence-electron chi connectivity index (χ1n) is 6.31. The van der Waals surface area contributed by atoms with E-state index < -0.39 is 5.97 Å². The van der Waals surface area contributed by atoms with Crippen LogP contribution in [0.1, 0.15) is 40.5 Å². The van der Waals surface area contributed by atoms with Crippen molar-refractivity contribution in [3.05, 3.63) is 0 Å². The average molecular weight is 241 g/mol. The summed E-state index contributed by atoms with van der Waals surface area (Å²) < 4.78 is 0. The van der Waals surface area contributed by atoms with E-state index in [0.717, 1.165) is 6.42 Å². The van der Waals surface area contributed by atoms with Crippen LogP contribution in [0.15, 0.2) is 0 Å². The maximum atomic E-state index is 12.3. The van der Waals surface area contributed by atoms with Gasteiger partial charge >= 0.3 is 5.97 Å². The molecular weight excluding hydrogens is 218 g/mol. The van der Waals surface area contributed by atoms with Gasteiger partial charge in [0.05, 0.1) is 5.92 Å². The standard InChI is InChI=1S/C13H23NO3/c1-5-13(3,4)12(17)14-7-6-10(11(15)16)9(2)8-14/h9-10H,5-8H2,1-4H3,(H,15,16). The normalized spacial score (nSPS) is 25.8. The zero-order valence-electron chi connectivity index (χ0n) is 11.2. The molecule has 0 aromatic heterocycles. The van der Waals surface area contributed by atoms with E-state index in [-0.39, 0.29) is 23.2 Å². The van der Waals surface area contributed by atoms with E-state index in [0.29, 0.717) is 19.5 Å². The van der Waals surface area contributed by atoms with Gasteiger partial charge in [-0.25, -0.2) is 0 Å². The number of hydrogen-bond donors (Lipinski definition) is 1. The van der Waals surface area contributed by atoms with Crippen LogP contribution in [0, 0.1) is 17.3 Å². The SMILES string of the molecule is CCC(C)(C)C(=O)N1CCC(C(=O)O)C(C)C1. The van der Waals surface area contributed by atoms with E-state index in [2.05, 4.69) is 0 Å². The number of hydrogen-bond acceptors (Lipinski definition) is 2. The highest BCUT2D eigenvalue weighted by Crippen LogP contribution is 2.29. The van der Waals surface area contributed by atoms with Crippen LogP contribution >= 0.6 is 0 Å². The second kappa shape index (κ2) is 5.07. The number of aliphatic carboxylic acids is 1. The van der Waals surface area contributed by atoms with Gasteiger partial charge in [0.25, 0.3) is 0 Å². The van der Waals surface area contributed by atoms with Crippen molar-refractivity contribution in [3.63, 3.8) is 0 Å². The first-order valence-corrected chi connectivity index (χ1v) is 6.31. The van der Waals surface area contributed by atoms with E-state index in [9.17, 15) is 9.59 Å². The third-order valence-electron chi connectivity index (χ3n) is 3.97. The Morgan fingerprint density at radius 1 is 1.41 bits per heavy atom. The number of piperidine rings is 1. The van der Waals surface area contributed by atoms with Gasteiger partial charge < -0.3 is 10.0 Å². The molecule has 1 fully saturated rings. The van der Waals surface area contributed by atoms with Crippen molar-refractivity contribution in [2.75, 3.05) is 13.1 Å². The summed E-state index contributed by atoms with van der Waals surface area (Å²) in [5.74, 6) is -0.850. The number of carbonyl (C=O) groups excluding carboxylic acids is 1. The molecule has 17 heavy (non-hydrogen) atoms. The monoisotopic (exact) mass is 241 g/mol. The molecule has 0 aromatic carbocycles. The Balaban J connectivity index is 2.67. The molecule has 98 valence electrons. The second-order valence-corrected chi connectivity index (χ2v) is 5.70. The molecule has 1 amide bonds. The fourth-order valence-electron chi connectivity index (χ4n) is 2.28. The molecule has 1 aliphatic heterocycles. The molecule has 1 heterocycles. The molecule has 0 bridgehead atoms. The number of carboxylic acids is 1. The van der Waals surface area contributed by atoms with E-state index in [1.165, 1.54) is 0 Å². The fourth-order valence-corrected chi connectivity index (χ4v) is 2.28. The van der Waals surface area contributed by atoms with Crippen molar-refractivity contribution in [2.24, 2.45) is 17.3 Å². The third kappa shape index (κ3) is 2.99. The summed E-state index contributed by atoms with van der Waals surface area (Å²) in [6.07, 6.45) is 1.38. The lowest BCUT2D eigenvalue weighted by Gasteiger charge is -2.38. The quantitative estimate of drug-likeness (QED) is 0.822. The lowest BCUT2D eigenvalue weighted by Crippen LogP contribution is -2.49. The van der Waals surface area contributed by atoms with E-state index in [1.54, 1.807) is 0 Å². The molecule has 4 nitrogen and oxygen atoms in total. The van der Waals surface area contributed by atoms with Crippen LogP contribution in [-0.2, 0) is 9.59 Å². The van der Waals surface area contributed by atoms with Crippen LogP contribution in [0.2, 0.25) is 0 Å². The summed E-state index contributed by atoms with van der Waals surface area (Å²) in [5.41, 5.74) is -0.338. The fraction of sp³-hybridized carbons (Fsp3) is 0.846. The summed E-state index contributed by atoms with van der Waals surface area (Å²) in [6, 6.07) is 0. The number of rotatable bonds is 3. The van der Waals surface area contributed by atoms with Gasteiger partial charge in [-0.3, -0.25) is 9.59 Å². The van der Waals surface area contributed by atoms with Gasteiger partial charge in [0.15, 0.2) is 0 Å². The maximum Gasteiger partial charge on any atom is 0.306 e. The zero-order valence-corrected chi connectivity index (χ0v) is 11.2. The molecule has 1 rings (SSSR count). The van der Waals surface area contributed by atoms with Crippen molar-refractivity contribution < 1.29 is 14.7 Å². The van der Waals surface area contributed by atoms with Crippen molar-refractivity contribution in [2.45, 2.75) is 40.5 Å². The predicted molar refractivity (Wildman–Crippen MR) is 65.6 cm³/mol. The minimum atomic E-state index is -0.737. The second-order valence-electron chi connectivity index (χ2n) is 5.70. The number of likely N-dealkylation sites (tertiary alicyclic amines) is 1. The van der Waals surface area contributed by atoms with Crippen molar-refractivity contribution in [1.29, 1.82) is 0 Å². The molecule has 0 aliphatic carbocycles. The topological polar surface area (TPSA) is 57.6 Å². The summed E-state index contributed by atoms with van der Waals surface area (Å²) in [6.45, 7) is 8.96. The molecule has 0 radical (unpaired) electrons. The molecule has 1 saturated heterocycles. The molecule has 1 N–H and O–H groups in total. The molecule has 2 atom stereocenters. The highest BCUT2D eigenvalue weighted by molar-refractivity contribution is 5.82. The largest absolute Gasteiger partial charge is 0.481 e. The summed E-state index contributed by atoms with van der Waals surface area (Å²) in [4.78, 5) is 25.1. The molecule has 4 heteroatoms. The minimum absolute atomic E-state index is 0.0397. The predicted octanol–water partition coefficient (Wildman–Crippen LogP) is 1.99. The van der Waals surface area contributed by atoms with Gasteiger partial charge in [-0.2, -0.15) is 0 Å². The summed E-state index contributed by atoms with van der Waals surface area (Å²) >= 11 is 0. The third-order valence-corrected chi connectivity index (χ3v) is 3.97. The van der Waals surface area contributed by atoms with E-state index >= 15 is 0 Å². The van der Waals surface area contributed by atoms with Gasteiger partial charge in [0, 0.05) is 18.5 Å². The Morgan fingerprint density at radius 2 is 2.00 bits per heavy atom. The van der Waals surface area contributed by atoms with Crippen LogP contribution in [0.4, 0.5) is 0 Å². The molecule has 0 spiro atoms. The van der Waals surface area contributed by atoms with Gasteiger partial charge in [-0.05, 0) is 18.8 Å². The van der Waals surface area contributed by atoms with Crippen LogP contribution in [0.25, 0.3) is 0 Å². The highest BCUT2D eigenvalue weighted by Gasteiger charge is 2.37.